The summed E-state index contributed by atoms with van der Waals surface area (Å²) in [6, 6.07) is 7.31. The van der Waals surface area contributed by atoms with Crippen molar-refractivity contribution < 1.29 is 28.6 Å². The van der Waals surface area contributed by atoms with E-state index in [0.717, 1.165) is 22.3 Å². The number of ether oxygens (including phenoxy) is 3. The van der Waals surface area contributed by atoms with Crippen molar-refractivity contribution in [2.24, 2.45) is 0 Å². The molecule has 0 aliphatic heterocycles. The molecule has 1 aromatic heterocycles. The van der Waals surface area contributed by atoms with Crippen LogP contribution in [0.1, 0.15) is 5.82 Å². The van der Waals surface area contributed by atoms with Crippen molar-refractivity contribution in [2.75, 3.05) is 40.2 Å². The predicted octanol–water partition coefficient (Wildman–Crippen LogP) is 0.851. The van der Waals surface area contributed by atoms with Gasteiger partial charge in [-0.25, -0.2) is 0 Å². The monoisotopic (exact) mass is 422 g/mol. The van der Waals surface area contributed by atoms with E-state index >= 15 is 0 Å². The van der Waals surface area contributed by atoms with Crippen LogP contribution in [0.5, 0.6) is 5.75 Å². The molecule has 1 aromatic carbocycles. The van der Waals surface area contributed by atoms with Crippen LogP contribution in [-0.4, -0.2) is 77.7 Å². The van der Waals surface area contributed by atoms with Crippen molar-refractivity contribution in [3.8, 4) is 11.4 Å². The Bertz CT molecular complexity index is 850. The average Bonchev–Trinajstić information content (AvgIpc) is 3.11. The highest BCUT2D eigenvalue weighted by molar-refractivity contribution is 7.99. The van der Waals surface area contributed by atoms with E-state index in [9.17, 15) is 14.4 Å². The molecular formula is C18H22N4O6S. The molecule has 0 atom stereocenters. The molecule has 0 saturated carbocycles. The first kappa shape index (κ1) is 22.2. The minimum Gasteiger partial charge on any atom is -0.497 e. The number of amides is 1. The highest BCUT2D eigenvalue weighted by atomic mass is 32.2. The quantitative estimate of drug-likeness (QED) is 0.429. The van der Waals surface area contributed by atoms with E-state index in [2.05, 4.69) is 19.7 Å². The van der Waals surface area contributed by atoms with Crippen LogP contribution in [0.4, 0.5) is 0 Å². The van der Waals surface area contributed by atoms with Crippen LogP contribution in [-0.2, 0) is 23.9 Å². The molecule has 2 rings (SSSR count). The Morgan fingerprint density at radius 2 is 1.59 bits per heavy atom. The Morgan fingerprint density at radius 1 is 1.00 bits per heavy atom. The number of aryl methyl sites for hydroxylation is 1. The van der Waals surface area contributed by atoms with Crippen LogP contribution in [0.2, 0.25) is 0 Å². The summed E-state index contributed by atoms with van der Waals surface area (Å²) in [5, 5.41) is 8.68. The summed E-state index contributed by atoms with van der Waals surface area (Å²) in [7, 11) is 4.00. The fraction of sp³-hybridized carbons (Fsp3) is 0.389. The number of hydrogen-bond donors (Lipinski definition) is 0. The largest absolute Gasteiger partial charge is 0.497 e. The van der Waals surface area contributed by atoms with Crippen molar-refractivity contribution >= 4 is 29.6 Å². The zero-order chi connectivity index (χ0) is 21.4. The molecule has 1 amide bonds. The zero-order valence-corrected chi connectivity index (χ0v) is 17.4. The molecule has 156 valence electrons. The molecule has 0 fully saturated rings. The first-order chi connectivity index (χ1) is 13.9. The lowest BCUT2D eigenvalue weighted by atomic mass is 10.3. The molecule has 1 heterocycles. The van der Waals surface area contributed by atoms with Crippen molar-refractivity contribution in [3.63, 3.8) is 0 Å². The molecule has 0 saturated heterocycles. The number of esters is 2. The van der Waals surface area contributed by atoms with Gasteiger partial charge in [-0.15, -0.1) is 10.2 Å². The second-order valence-corrected chi connectivity index (χ2v) is 6.70. The van der Waals surface area contributed by atoms with Crippen LogP contribution < -0.4 is 4.74 Å². The summed E-state index contributed by atoms with van der Waals surface area (Å²) in [5.41, 5.74) is 0.809. The number of aromatic nitrogens is 3. The molecule has 0 spiro atoms. The molecule has 0 aliphatic rings. The van der Waals surface area contributed by atoms with Gasteiger partial charge in [0.25, 0.3) is 0 Å². The summed E-state index contributed by atoms with van der Waals surface area (Å²) < 4.78 is 16.1. The van der Waals surface area contributed by atoms with E-state index in [4.69, 9.17) is 4.74 Å². The fourth-order valence-corrected chi connectivity index (χ4v) is 3.26. The van der Waals surface area contributed by atoms with E-state index in [1.165, 1.54) is 14.2 Å². The van der Waals surface area contributed by atoms with E-state index in [1.807, 2.05) is 24.3 Å². The Hall–Kier alpha value is -3.08. The third-order valence-electron chi connectivity index (χ3n) is 3.90. The smallest absolute Gasteiger partial charge is 0.325 e. The number of benzene rings is 1. The van der Waals surface area contributed by atoms with E-state index < -0.39 is 17.8 Å². The molecule has 29 heavy (non-hydrogen) atoms. The Balaban J connectivity index is 2.13. The lowest BCUT2D eigenvalue weighted by Gasteiger charge is -2.19. The van der Waals surface area contributed by atoms with Crippen LogP contribution in [0.25, 0.3) is 5.69 Å². The number of carbonyl (C=O) groups is 3. The van der Waals surface area contributed by atoms with Crippen molar-refractivity contribution in [1.82, 2.24) is 19.7 Å². The van der Waals surface area contributed by atoms with Gasteiger partial charge in [0.2, 0.25) is 5.91 Å². The Labute approximate surface area is 172 Å². The second-order valence-electron chi connectivity index (χ2n) is 5.75. The van der Waals surface area contributed by atoms with Gasteiger partial charge in [-0.05, 0) is 31.2 Å². The third kappa shape index (κ3) is 5.95. The Kier molecular flexibility index (Phi) is 8.01. The number of nitrogens with zero attached hydrogens (tertiary/aromatic N) is 4. The summed E-state index contributed by atoms with van der Waals surface area (Å²) in [6.45, 7) is 1.09. The number of thioether (sulfide) groups is 1. The normalized spacial score (nSPS) is 10.3. The molecule has 0 radical (unpaired) electrons. The maximum atomic E-state index is 12.6. The summed E-state index contributed by atoms with van der Waals surface area (Å²) in [6.07, 6.45) is 0. The van der Waals surface area contributed by atoms with E-state index in [0.29, 0.717) is 16.7 Å². The molecule has 0 bridgehead atoms. The highest BCUT2D eigenvalue weighted by Gasteiger charge is 2.22. The van der Waals surface area contributed by atoms with Gasteiger partial charge in [0, 0.05) is 5.69 Å². The number of carbonyl (C=O) groups excluding carboxylic acids is 3. The maximum Gasteiger partial charge on any atom is 0.325 e. The standard InChI is InChI=1S/C18H22N4O6S/c1-12-19-20-18(22(12)13-5-7-14(26-2)8-6-13)29-11-15(23)21(9-16(24)27-3)10-17(25)28-4/h5-8H,9-11H2,1-4H3. The first-order valence-electron chi connectivity index (χ1n) is 8.50. The average molecular weight is 422 g/mol. The minimum absolute atomic E-state index is 0.0533. The summed E-state index contributed by atoms with van der Waals surface area (Å²) in [5.74, 6) is -0.402. The number of methoxy groups -OCH3 is 3. The molecule has 2 aromatic rings. The van der Waals surface area contributed by atoms with Crippen molar-refractivity contribution in [3.05, 3.63) is 30.1 Å². The van der Waals surface area contributed by atoms with Gasteiger partial charge in [0.05, 0.1) is 27.1 Å². The summed E-state index contributed by atoms with van der Waals surface area (Å²) >= 11 is 1.14. The van der Waals surface area contributed by atoms with E-state index in [-0.39, 0.29) is 18.8 Å². The lowest BCUT2D eigenvalue weighted by Crippen LogP contribution is -2.41. The van der Waals surface area contributed by atoms with Gasteiger partial charge in [0.1, 0.15) is 24.7 Å². The predicted molar refractivity (Wildman–Crippen MR) is 104 cm³/mol. The number of rotatable bonds is 9. The molecule has 10 nitrogen and oxygen atoms in total. The fourth-order valence-electron chi connectivity index (χ4n) is 2.36. The second kappa shape index (κ2) is 10.5. The summed E-state index contributed by atoms with van der Waals surface area (Å²) in [4.78, 5) is 36.8. The Morgan fingerprint density at radius 3 is 2.10 bits per heavy atom. The lowest BCUT2D eigenvalue weighted by molar-refractivity contribution is -0.151. The van der Waals surface area contributed by atoms with E-state index in [1.54, 1.807) is 18.6 Å². The van der Waals surface area contributed by atoms with Gasteiger partial charge in [-0.3, -0.25) is 19.0 Å². The van der Waals surface area contributed by atoms with Crippen LogP contribution in [0, 0.1) is 6.92 Å². The number of hydrogen-bond acceptors (Lipinski definition) is 9. The van der Waals surface area contributed by atoms with Crippen LogP contribution in [0.3, 0.4) is 0 Å². The third-order valence-corrected chi connectivity index (χ3v) is 4.81. The molecule has 0 aliphatic carbocycles. The maximum absolute atomic E-state index is 12.6. The van der Waals surface area contributed by atoms with Gasteiger partial charge < -0.3 is 19.1 Å². The van der Waals surface area contributed by atoms with Gasteiger partial charge in [-0.1, -0.05) is 11.8 Å². The van der Waals surface area contributed by atoms with Crippen LogP contribution in [0.15, 0.2) is 29.4 Å². The SMILES string of the molecule is COC(=O)CN(CC(=O)OC)C(=O)CSc1nnc(C)n1-c1ccc(OC)cc1. The molecular weight excluding hydrogens is 400 g/mol. The van der Waals surface area contributed by atoms with Crippen molar-refractivity contribution in [2.45, 2.75) is 12.1 Å². The molecule has 0 N–H and O–H groups in total. The van der Waals surface area contributed by atoms with Gasteiger partial charge >= 0.3 is 11.9 Å². The molecule has 11 heteroatoms. The zero-order valence-electron chi connectivity index (χ0n) is 16.6. The van der Waals surface area contributed by atoms with Crippen molar-refractivity contribution in [1.29, 1.82) is 0 Å². The topological polar surface area (TPSA) is 113 Å². The minimum atomic E-state index is -0.635. The molecule has 0 unspecified atom stereocenters. The van der Waals surface area contributed by atoms with Gasteiger partial charge in [-0.2, -0.15) is 0 Å². The van der Waals surface area contributed by atoms with Crippen LogP contribution >= 0.6 is 11.8 Å². The highest BCUT2D eigenvalue weighted by Crippen LogP contribution is 2.23. The van der Waals surface area contributed by atoms with Gasteiger partial charge in [0.15, 0.2) is 5.16 Å². The first-order valence-corrected chi connectivity index (χ1v) is 9.48.